The number of carbonyl (C=O) groups is 8. The standard InChI is InChI=1S/C29H22O2.C26H20N2O3.C25H22O4.C23H17FO2/c30-25-12-6-9-21-17-24-22-10-4-5-11-23(22)29(31)28(24)27(26(21)25)20-15-13-19(14-16-20)18-7-2-1-3-8-18;1-14-27-28-26(31-14)16-11-9-15(10-12-16)23-22-17(5-4-8-21(22)29)13-20-18-6-2-3-7-19(18)25(30)24(20)23;26-12-13-29-17-10-8-15(9-11-17)23-22-16(4-3-7-21(22)27)14-20-18-5-1-2-6-19(18)25(28)24(20)23;24-15-10-8-13(9-11-15)21-20-14(4-3-7-19(20)25)12-18-16-5-1-2-6-17(16)23(26)22(18)21/h1-5,7-8,10-11,13-16,27H,6,9,12,17H2;2-3,6-7,9-12,23H,4-5,8,13H2,1H3;1-2,5-6,8-11,23,26H,3-4,7,12-14H2;1-2,5-6,8-11,21H,3-4,7,12H2. The van der Waals surface area contributed by atoms with Crippen molar-refractivity contribution in [2.24, 2.45) is 0 Å². The molecule has 12 aliphatic carbocycles. The third kappa shape index (κ3) is 13.1. The number of aromatic nitrogens is 2. The van der Waals surface area contributed by atoms with Gasteiger partial charge in [0.05, 0.1) is 6.61 Å². The molecule has 1 heterocycles. The Balaban J connectivity index is 0.000000104. The fourth-order valence-electron chi connectivity index (χ4n) is 20.4. The number of Topliss-reactive ketones (excluding diaryl/α,β-unsaturated/α-hetero) is 8. The Morgan fingerprint density at radius 3 is 0.940 bits per heavy atom. The summed E-state index contributed by atoms with van der Waals surface area (Å²) in [5.41, 5.74) is 29.5. The molecule has 12 aliphatic rings. The molecule has 14 heteroatoms. The molecule has 0 aliphatic heterocycles. The van der Waals surface area contributed by atoms with Gasteiger partial charge in [0.25, 0.3) is 0 Å². The van der Waals surface area contributed by atoms with Gasteiger partial charge in [0.1, 0.15) is 18.2 Å². The van der Waals surface area contributed by atoms with Gasteiger partial charge in [-0.1, -0.05) is 210 Å². The fraction of sp³-hybridized carbons (Fsp3) is 0.223. The summed E-state index contributed by atoms with van der Waals surface area (Å²) in [7, 11) is 0. The first-order valence-electron chi connectivity index (χ1n) is 40.8. The first kappa shape index (κ1) is 74.2. The third-order valence-electron chi connectivity index (χ3n) is 25.5. The van der Waals surface area contributed by atoms with Crippen molar-refractivity contribution in [2.45, 2.75) is 133 Å². The van der Waals surface area contributed by atoms with Gasteiger partial charge in [0.15, 0.2) is 46.3 Å². The Bertz CT molecular complexity index is 6230. The van der Waals surface area contributed by atoms with Crippen LogP contribution in [0.15, 0.2) is 296 Å². The molecule has 0 saturated heterocycles. The first-order chi connectivity index (χ1) is 57.2. The van der Waals surface area contributed by atoms with Crippen molar-refractivity contribution in [1.82, 2.24) is 10.2 Å². The summed E-state index contributed by atoms with van der Waals surface area (Å²) in [6.07, 6.45) is 12.3. The van der Waals surface area contributed by atoms with E-state index in [2.05, 4.69) is 52.7 Å². The quantitative estimate of drug-likeness (QED) is 0.143. The second-order valence-corrected chi connectivity index (χ2v) is 32.1. The molecule has 10 aromatic rings. The zero-order chi connectivity index (χ0) is 79.9. The molecule has 0 bridgehead atoms. The first-order valence-corrected chi connectivity index (χ1v) is 40.8. The van der Waals surface area contributed by atoms with Crippen LogP contribution >= 0.6 is 0 Å². The van der Waals surface area contributed by atoms with Gasteiger partial charge in [0, 0.05) is 129 Å². The number of ether oxygens (including phenoxy) is 1. The number of fused-ring (bicyclic) bond motifs is 8. The lowest BCUT2D eigenvalue weighted by Gasteiger charge is -2.32. The summed E-state index contributed by atoms with van der Waals surface area (Å²) >= 11 is 0. The van der Waals surface area contributed by atoms with Crippen LogP contribution in [0, 0.1) is 12.7 Å². The minimum atomic E-state index is -0.373. The highest BCUT2D eigenvalue weighted by Crippen LogP contribution is 2.58. The van der Waals surface area contributed by atoms with Crippen molar-refractivity contribution in [3.63, 3.8) is 0 Å². The van der Waals surface area contributed by atoms with E-state index in [0.29, 0.717) is 68.0 Å². The summed E-state index contributed by atoms with van der Waals surface area (Å²) in [5, 5.41) is 16.9. The largest absolute Gasteiger partial charge is 0.491 e. The number of nitrogens with zero attached hydrogens (tertiary/aromatic N) is 2. The van der Waals surface area contributed by atoms with E-state index in [0.717, 1.165) is 208 Å². The van der Waals surface area contributed by atoms with Gasteiger partial charge in [-0.2, -0.15) is 0 Å². The van der Waals surface area contributed by atoms with Gasteiger partial charge in [-0.05, 0) is 191 Å². The van der Waals surface area contributed by atoms with E-state index >= 15 is 0 Å². The molecule has 4 atom stereocenters. The minimum absolute atomic E-state index is 0.00912. The third-order valence-corrected chi connectivity index (χ3v) is 25.5. The highest BCUT2D eigenvalue weighted by Gasteiger charge is 2.48. The number of hydrogen-bond acceptors (Lipinski definition) is 13. The van der Waals surface area contributed by atoms with Gasteiger partial charge in [-0.3, -0.25) is 38.4 Å². The molecule has 0 amide bonds. The average molecular weight is 1540 g/mol. The summed E-state index contributed by atoms with van der Waals surface area (Å²) in [5.74, 6) is 0.975. The number of carbonyl (C=O) groups excluding carboxylic acids is 8. The van der Waals surface area contributed by atoms with Crippen molar-refractivity contribution < 1.29 is 57.0 Å². The number of hydrogen-bond donors (Lipinski definition) is 1. The van der Waals surface area contributed by atoms with Crippen molar-refractivity contribution in [3.05, 3.63) is 370 Å². The molecule has 1 N–H and O–H groups in total. The Morgan fingerprint density at radius 1 is 0.333 bits per heavy atom. The average Bonchev–Trinajstić information content (AvgIpc) is 1.61. The minimum Gasteiger partial charge on any atom is -0.491 e. The predicted molar refractivity (Wildman–Crippen MR) is 446 cm³/mol. The van der Waals surface area contributed by atoms with E-state index in [1.54, 1.807) is 19.1 Å². The molecule has 9 aromatic carbocycles. The fourth-order valence-corrected chi connectivity index (χ4v) is 20.4. The van der Waals surface area contributed by atoms with E-state index in [1.807, 2.05) is 158 Å². The van der Waals surface area contributed by atoms with Crippen molar-refractivity contribution in [1.29, 1.82) is 0 Å². The maximum Gasteiger partial charge on any atom is 0.247 e. The van der Waals surface area contributed by atoms with Crippen LogP contribution in [-0.2, 0) is 19.2 Å². The molecule has 0 saturated carbocycles. The van der Waals surface area contributed by atoms with Gasteiger partial charge in [-0.15, -0.1) is 10.2 Å². The number of aliphatic hydroxyl groups excluding tert-OH is 1. The molecule has 4 unspecified atom stereocenters. The molecule has 576 valence electrons. The highest BCUT2D eigenvalue weighted by atomic mass is 19.1. The molecule has 13 nitrogen and oxygen atoms in total. The van der Waals surface area contributed by atoms with Crippen LogP contribution < -0.4 is 4.74 Å². The Labute approximate surface area is 676 Å². The molecule has 22 rings (SSSR count). The predicted octanol–water partition coefficient (Wildman–Crippen LogP) is 21.0. The van der Waals surface area contributed by atoms with E-state index in [4.69, 9.17) is 14.3 Å². The Morgan fingerprint density at radius 2 is 0.624 bits per heavy atom. The van der Waals surface area contributed by atoms with Crippen LogP contribution in [0.2, 0.25) is 0 Å². The van der Waals surface area contributed by atoms with Crippen LogP contribution in [-0.4, -0.2) is 74.8 Å². The van der Waals surface area contributed by atoms with Crippen molar-refractivity contribution in [3.8, 4) is 28.3 Å². The number of allylic oxidation sites excluding steroid dienone is 16. The van der Waals surface area contributed by atoms with Crippen molar-refractivity contribution in [2.75, 3.05) is 13.2 Å². The molecule has 0 fully saturated rings. The van der Waals surface area contributed by atoms with Gasteiger partial charge in [-0.25, -0.2) is 4.39 Å². The molecular formula is C103H81FN2O11. The van der Waals surface area contributed by atoms with Gasteiger partial charge < -0.3 is 14.3 Å². The normalized spacial score (nSPS) is 20.5. The lowest BCUT2D eigenvalue weighted by atomic mass is 9.69. The molecule has 0 radical (unpaired) electrons. The second kappa shape index (κ2) is 30.7. The van der Waals surface area contributed by atoms with Crippen LogP contribution in [0.25, 0.3) is 44.9 Å². The summed E-state index contributed by atoms with van der Waals surface area (Å²) in [6.45, 7) is 1.95. The number of halogens is 1. The summed E-state index contributed by atoms with van der Waals surface area (Å²) in [6, 6.07) is 71.5. The van der Waals surface area contributed by atoms with Gasteiger partial charge in [0.2, 0.25) is 11.8 Å². The number of rotatable bonds is 9. The number of aryl methyl sites for hydroxylation is 1. The molecule has 117 heavy (non-hydrogen) atoms. The van der Waals surface area contributed by atoms with E-state index in [9.17, 15) is 42.7 Å². The number of ketones is 8. The Hall–Kier alpha value is -12.9. The van der Waals surface area contributed by atoms with Crippen LogP contribution in [0.3, 0.4) is 0 Å². The molecule has 1 aromatic heterocycles. The van der Waals surface area contributed by atoms with E-state index in [1.165, 1.54) is 28.9 Å². The molecule has 0 spiro atoms. The zero-order valence-corrected chi connectivity index (χ0v) is 64.7. The molecular weight excluding hydrogens is 1460 g/mol. The number of aliphatic hydroxyl groups is 1. The SMILES string of the molecule is Cc1nnc(-c2ccc(C3C4=C(CCCC4=O)CC4=C3C(=O)c3ccccc34)cc2)o1.O=C1CCCC2=C1C(c1ccc(-c3ccccc3)cc1)C1=C(C2)c2ccccc2C1=O.O=C1CCCC2=C1C(c1ccc(F)cc1)C1=C(C2)c2ccccc2C1=O.O=C1CCCC2=C1C(c1ccc(OCCO)cc1)C1=C(C2)c2ccccc2C1=O. The van der Waals surface area contributed by atoms with Crippen LogP contribution in [0.1, 0.15) is 218 Å². The zero-order valence-electron chi connectivity index (χ0n) is 64.7. The van der Waals surface area contributed by atoms with Crippen molar-refractivity contribution >= 4 is 68.6 Å². The monoisotopic (exact) mass is 1540 g/mol. The lowest BCUT2D eigenvalue weighted by Crippen LogP contribution is -2.25. The topological polar surface area (TPSA) is 205 Å². The van der Waals surface area contributed by atoms with Crippen LogP contribution in [0.5, 0.6) is 5.75 Å². The van der Waals surface area contributed by atoms with E-state index < -0.39 is 0 Å². The summed E-state index contributed by atoms with van der Waals surface area (Å²) in [4.78, 5) is 105. The van der Waals surface area contributed by atoms with Crippen LogP contribution in [0.4, 0.5) is 4.39 Å². The maximum atomic E-state index is 13.5. The maximum absolute atomic E-state index is 13.5. The number of benzene rings is 9. The van der Waals surface area contributed by atoms with Gasteiger partial charge >= 0.3 is 0 Å². The van der Waals surface area contributed by atoms with E-state index in [-0.39, 0.29) is 89.0 Å². The highest BCUT2D eigenvalue weighted by molar-refractivity contribution is 6.27. The summed E-state index contributed by atoms with van der Waals surface area (Å²) < 4.78 is 24.5. The smallest absolute Gasteiger partial charge is 0.247 e. The lowest BCUT2D eigenvalue weighted by molar-refractivity contribution is -0.117. The Kier molecular flexibility index (Phi) is 19.5. The second-order valence-electron chi connectivity index (χ2n) is 32.1.